The Morgan fingerprint density at radius 3 is 2.42 bits per heavy atom. The highest BCUT2D eigenvalue weighted by molar-refractivity contribution is 7.89. The number of halogens is 1. The number of sulfonamides is 1. The van der Waals surface area contributed by atoms with Crippen LogP contribution in [-0.2, 0) is 27.8 Å². The molecule has 9 heteroatoms. The molecule has 7 nitrogen and oxygen atoms in total. The summed E-state index contributed by atoms with van der Waals surface area (Å²) >= 11 is 0. The van der Waals surface area contributed by atoms with Crippen LogP contribution in [0.25, 0.3) is 5.69 Å². The van der Waals surface area contributed by atoms with Crippen molar-refractivity contribution >= 4 is 15.9 Å². The fourth-order valence-electron chi connectivity index (χ4n) is 3.94. The summed E-state index contributed by atoms with van der Waals surface area (Å²) in [5.74, 6) is 0.155. The molecule has 1 amide bonds. The molecule has 2 heterocycles. The fraction of sp³-hybridized carbons (Fsp3) is 0.333. The first-order chi connectivity index (χ1) is 15.8. The molecule has 0 aliphatic carbocycles. The van der Waals surface area contributed by atoms with Crippen LogP contribution in [0.5, 0.6) is 0 Å². The summed E-state index contributed by atoms with van der Waals surface area (Å²) in [5.41, 5.74) is 1.96. The van der Waals surface area contributed by atoms with Gasteiger partial charge in [0, 0.05) is 38.4 Å². The van der Waals surface area contributed by atoms with Gasteiger partial charge in [0.05, 0.1) is 10.6 Å². The lowest BCUT2D eigenvalue weighted by Gasteiger charge is -2.15. The normalized spacial score (nSPS) is 14.5. The molecule has 4 rings (SSSR count). The van der Waals surface area contributed by atoms with Gasteiger partial charge in [-0.1, -0.05) is 18.2 Å². The second-order valence-corrected chi connectivity index (χ2v) is 10.1. The van der Waals surface area contributed by atoms with Gasteiger partial charge in [-0.15, -0.1) is 0 Å². The number of amides is 1. The van der Waals surface area contributed by atoms with Crippen LogP contribution in [0.3, 0.4) is 0 Å². The third-order valence-corrected chi connectivity index (χ3v) is 7.77. The molecule has 1 aromatic heterocycles. The summed E-state index contributed by atoms with van der Waals surface area (Å²) in [4.78, 5) is 16.6. The zero-order chi connectivity index (χ0) is 23.4. The third-order valence-electron chi connectivity index (χ3n) is 5.85. The number of aromatic nitrogens is 2. The van der Waals surface area contributed by atoms with Gasteiger partial charge in [0.1, 0.15) is 11.6 Å². The van der Waals surface area contributed by atoms with Crippen molar-refractivity contribution in [2.24, 2.45) is 0 Å². The number of hydrogen-bond acceptors (Lipinski definition) is 4. The van der Waals surface area contributed by atoms with E-state index in [0.717, 1.165) is 18.4 Å². The highest BCUT2D eigenvalue weighted by Crippen LogP contribution is 2.21. The lowest BCUT2D eigenvalue weighted by atomic mass is 10.1. The van der Waals surface area contributed by atoms with Gasteiger partial charge < -0.3 is 9.88 Å². The Labute approximate surface area is 193 Å². The maximum atomic E-state index is 14.5. The topological polar surface area (TPSA) is 84.3 Å². The second-order valence-electron chi connectivity index (χ2n) is 8.16. The van der Waals surface area contributed by atoms with E-state index >= 15 is 0 Å². The molecule has 174 valence electrons. The first-order valence-corrected chi connectivity index (χ1v) is 12.4. The van der Waals surface area contributed by atoms with Gasteiger partial charge in [-0.2, -0.15) is 4.31 Å². The average Bonchev–Trinajstić information content (AvgIpc) is 3.49. The molecule has 0 unspecified atom stereocenters. The van der Waals surface area contributed by atoms with Gasteiger partial charge in [-0.25, -0.2) is 17.8 Å². The van der Waals surface area contributed by atoms with Crippen molar-refractivity contribution in [2.75, 3.05) is 13.1 Å². The highest BCUT2D eigenvalue weighted by Gasteiger charge is 2.26. The second kappa shape index (κ2) is 9.84. The molecule has 1 saturated heterocycles. The summed E-state index contributed by atoms with van der Waals surface area (Å²) in [6, 6.07) is 11.6. The van der Waals surface area contributed by atoms with Crippen molar-refractivity contribution in [3.8, 4) is 5.69 Å². The van der Waals surface area contributed by atoms with Gasteiger partial charge in [0.15, 0.2) is 0 Å². The van der Waals surface area contributed by atoms with Crippen molar-refractivity contribution < 1.29 is 17.6 Å². The minimum absolute atomic E-state index is 0.154. The Hall–Kier alpha value is -3.04. The van der Waals surface area contributed by atoms with E-state index in [1.807, 2.05) is 0 Å². The van der Waals surface area contributed by atoms with E-state index in [-0.39, 0.29) is 29.6 Å². The van der Waals surface area contributed by atoms with E-state index in [0.29, 0.717) is 36.6 Å². The number of carbonyl (C=O) groups excluding carboxylic acids is 1. The van der Waals surface area contributed by atoms with Crippen LogP contribution in [0.1, 0.15) is 36.2 Å². The van der Waals surface area contributed by atoms with Crippen LogP contribution in [0.2, 0.25) is 0 Å². The predicted octanol–water partition coefficient (Wildman–Crippen LogP) is 3.35. The van der Waals surface area contributed by atoms with Crippen LogP contribution < -0.4 is 5.32 Å². The number of carbonyl (C=O) groups is 1. The standard InChI is InChI=1S/C24H27FN4O3S/c1-18-26-12-15-29(18)23-10-6-20(16-22(23)25)17-27-24(30)11-7-19-4-8-21(9-5-19)33(31,32)28-13-2-3-14-28/h4-6,8-10,12,15-16H,2-3,7,11,13-14,17H2,1H3,(H,27,30). The molecule has 1 aliphatic heterocycles. The molecule has 0 saturated carbocycles. The van der Waals surface area contributed by atoms with Gasteiger partial charge in [0.2, 0.25) is 15.9 Å². The molecule has 3 aromatic rings. The van der Waals surface area contributed by atoms with Crippen molar-refractivity contribution in [1.29, 1.82) is 0 Å². The zero-order valence-corrected chi connectivity index (χ0v) is 19.3. The Morgan fingerprint density at radius 1 is 1.09 bits per heavy atom. The molecule has 1 N–H and O–H groups in total. The largest absolute Gasteiger partial charge is 0.352 e. The maximum absolute atomic E-state index is 14.5. The zero-order valence-electron chi connectivity index (χ0n) is 18.5. The van der Waals surface area contributed by atoms with E-state index in [9.17, 15) is 17.6 Å². The molecule has 0 radical (unpaired) electrons. The molecule has 0 spiro atoms. The van der Waals surface area contributed by atoms with Crippen LogP contribution in [-0.4, -0.2) is 41.3 Å². The van der Waals surface area contributed by atoms with Gasteiger partial charge >= 0.3 is 0 Å². The summed E-state index contributed by atoms with van der Waals surface area (Å²) < 4.78 is 42.9. The molecule has 1 aliphatic rings. The summed E-state index contributed by atoms with van der Waals surface area (Å²) in [7, 11) is -3.43. The molecule has 1 fully saturated rings. The minimum atomic E-state index is -3.43. The number of nitrogens with zero attached hydrogens (tertiary/aromatic N) is 3. The Bertz CT molecular complexity index is 1230. The number of hydrogen-bond donors (Lipinski definition) is 1. The molecular weight excluding hydrogens is 443 g/mol. The molecule has 0 atom stereocenters. The van der Waals surface area contributed by atoms with Crippen LogP contribution in [0.4, 0.5) is 4.39 Å². The van der Waals surface area contributed by atoms with E-state index in [1.54, 1.807) is 60.3 Å². The average molecular weight is 471 g/mol. The van der Waals surface area contributed by atoms with Crippen molar-refractivity contribution in [1.82, 2.24) is 19.2 Å². The van der Waals surface area contributed by atoms with Crippen LogP contribution >= 0.6 is 0 Å². The van der Waals surface area contributed by atoms with Crippen molar-refractivity contribution in [2.45, 2.75) is 44.0 Å². The molecule has 2 aromatic carbocycles. The summed E-state index contributed by atoms with van der Waals surface area (Å²) in [5, 5.41) is 2.81. The fourth-order valence-corrected chi connectivity index (χ4v) is 5.46. The van der Waals surface area contributed by atoms with E-state index in [4.69, 9.17) is 0 Å². The summed E-state index contributed by atoms with van der Waals surface area (Å²) in [6.07, 6.45) is 5.85. The maximum Gasteiger partial charge on any atom is 0.243 e. The highest BCUT2D eigenvalue weighted by atomic mass is 32.2. The first kappa shape index (κ1) is 23.1. The van der Waals surface area contributed by atoms with E-state index in [2.05, 4.69) is 10.3 Å². The van der Waals surface area contributed by atoms with Crippen molar-refractivity contribution in [3.05, 3.63) is 77.6 Å². The predicted molar refractivity (Wildman–Crippen MR) is 123 cm³/mol. The number of imidazole rings is 1. The minimum Gasteiger partial charge on any atom is -0.352 e. The Kier molecular flexibility index (Phi) is 6.90. The number of rotatable bonds is 8. The number of aryl methyl sites for hydroxylation is 2. The smallest absolute Gasteiger partial charge is 0.243 e. The summed E-state index contributed by atoms with van der Waals surface area (Å²) in [6.45, 7) is 3.17. The Morgan fingerprint density at radius 2 is 1.79 bits per heavy atom. The molecule has 0 bridgehead atoms. The van der Waals surface area contributed by atoms with Crippen LogP contribution in [0, 0.1) is 12.7 Å². The van der Waals surface area contributed by atoms with Crippen LogP contribution in [0.15, 0.2) is 59.8 Å². The quantitative estimate of drug-likeness (QED) is 0.547. The lowest BCUT2D eigenvalue weighted by molar-refractivity contribution is -0.121. The van der Waals surface area contributed by atoms with Crippen molar-refractivity contribution in [3.63, 3.8) is 0 Å². The Balaban J connectivity index is 1.28. The van der Waals surface area contributed by atoms with E-state index in [1.165, 1.54) is 10.4 Å². The SMILES string of the molecule is Cc1nccn1-c1ccc(CNC(=O)CCc2ccc(S(=O)(=O)N3CCCC3)cc2)cc1F. The van der Waals surface area contributed by atoms with Gasteiger partial charge in [0.25, 0.3) is 0 Å². The number of benzene rings is 2. The monoisotopic (exact) mass is 470 g/mol. The van der Waals surface area contributed by atoms with Gasteiger partial charge in [-0.05, 0) is 61.6 Å². The van der Waals surface area contributed by atoms with Gasteiger partial charge in [-0.3, -0.25) is 4.79 Å². The molecular formula is C24H27FN4O3S. The number of nitrogens with one attached hydrogen (secondary N) is 1. The third kappa shape index (κ3) is 5.31. The molecule has 33 heavy (non-hydrogen) atoms. The lowest BCUT2D eigenvalue weighted by Crippen LogP contribution is -2.27. The first-order valence-electron chi connectivity index (χ1n) is 11.0. The van der Waals surface area contributed by atoms with E-state index < -0.39 is 10.0 Å².